The highest BCUT2D eigenvalue weighted by atomic mass is 16.5. The van der Waals surface area contributed by atoms with Crippen LogP contribution in [-0.4, -0.2) is 18.2 Å². The molecule has 0 saturated heterocycles. The molecule has 1 atom stereocenters. The fourth-order valence-corrected chi connectivity index (χ4v) is 2.55. The zero-order valence-electron chi connectivity index (χ0n) is 15.1. The third-order valence-corrected chi connectivity index (χ3v) is 4.06. The number of esters is 1. The Hall–Kier alpha value is -2.33. The van der Waals surface area contributed by atoms with Gasteiger partial charge in [-0.25, -0.2) is 4.79 Å². The van der Waals surface area contributed by atoms with Crippen molar-refractivity contribution in [2.24, 2.45) is 5.92 Å². The smallest absolute Gasteiger partial charge is 0.342 e. The van der Waals surface area contributed by atoms with E-state index in [1.165, 1.54) is 7.11 Å². The van der Waals surface area contributed by atoms with Gasteiger partial charge in [-0.05, 0) is 42.0 Å². The Morgan fingerprint density at radius 1 is 1.08 bits per heavy atom. The molecule has 2 rings (SSSR count). The molecule has 0 aromatic heterocycles. The van der Waals surface area contributed by atoms with Crippen molar-refractivity contribution in [3.63, 3.8) is 0 Å². The van der Waals surface area contributed by atoms with Crippen LogP contribution in [0.4, 0.5) is 0 Å². The number of methoxy groups -OCH3 is 1. The minimum Gasteiger partial charge on any atom is -0.496 e. The van der Waals surface area contributed by atoms with Gasteiger partial charge in [0, 0.05) is 0 Å². The van der Waals surface area contributed by atoms with Gasteiger partial charge in [0.25, 0.3) is 0 Å². The van der Waals surface area contributed by atoms with E-state index in [0.29, 0.717) is 29.2 Å². The molecule has 0 aliphatic rings. The quantitative estimate of drug-likeness (QED) is 0.717. The van der Waals surface area contributed by atoms with E-state index in [1.54, 1.807) is 18.2 Å². The first-order valence-electron chi connectivity index (χ1n) is 8.58. The number of carbonyl (C=O) groups is 1. The third kappa shape index (κ3) is 5.61. The maximum Gasteiger partial charge on any atom is 0.342 e. The van der Waals surface area contributed by atoms with Crippen LogP contribution in [0.15, 0.2) is 48.5 Å². The summed E-state index contributed by atoms with van der Waals surface area (Å²) in [5, 5.41) is 10.4. The molecule has 4 heteroatoms. The zero-order chi connectivity index (χ0) is 18.2. The van der Waals surface area contributed by atoms with Gasteiger partial charge in [0.1, 0.15) is 17.9 Å². The third-order valence-electron chi connectivity index (χ3n) is 4.06. The van der Waals surface area contributed by atoms with E-state index in [1.807, 2.05) is 30.3 Å². The van der Waals surface area contributed by atoms with Gasteiger partial charge in [-0.1, -0.05) is 50.2 Å². The number of carbonyl (C=O) groups excluding carboxylic acids is 1. The van der Waals surface area contributed by atoms with Crippen LogP contribution in [0, 0.1) is 5.92 Å². The summed E-state index contributed by atoms with van der Waals surface area (Å²) in [4.78, 5) is 12.5. The highest BCUT2D eigenvalue weighted by Crippen LogP contribution is 2.27. The second-order valence-electron chi connectivity index (χ2n) is 6.51. The molecular formula is C21H26O4. The minimum absolute atomic E-state index is 0.197. The zero-order valence-corrected chi connectivity index (χ0v) is 15.1. The van der Waals surface area contributed by atoms with Gasteiger partial charge < -0.3 is 14.6 Å². The molecule has 0 spiro atoms. The van der Waals surface area contributed by atoms with E-state index >= 15 is 0 Å². The normalized spacial score (nSPS) is 12.0. The van der Waals surface area contributed by atoms with Gasteiger partial charge in [-0.2, -0.15) is 0 Å². The van der Waals surface area contributed by atoms with Crippen LogP contribution in [0.25, 0.3) is 0 Å². The van der Waals surface area contributed by atoms with Crippen LogP contribution in [0.1, 0.15) is 54.3 Å². The molecule has 0 bridgehead atoms. The fraction of sp³-hybridized carbons (Fsp3) is 0.381. The van der Waals surface area contributed by atoms with E-state index in [2.05, 4.69) is 13.8 Å². The van der Waals surface area contributed by atoms with E-state index in [9.17, 15) is 9.90 Å². The summed E-state index contributed by atoms with van der Waals surface area (Å²) in [6.45, 7) is 4.43. The summed E-state index contributed by atoms with van der Waals surface area (Å²) in [6.07, 6.45) is 0.970. The van der Waals surface area contributed by atoms with Gasteiger partial charge in [0.2, 0.25) is 0 Å². The largest absolute Gasteiger partial charge is 0.496 e. The summed E-state index contributed by atoms with van der Waals surface area (Å²) in [7, 11) is 1.51. The lowest BCUT2D eigenvalue weighted by Crippen LogP contribution is -2.09. The molecule has 1 N–H and O–H groups in total. The number of ether oxygens (including phenoxy) is 2. The van der Waals surface area contributed by atoms with E-state index < -0.39 is 12.1 Å². The lowest BCUT2D eigenvalue weighted by atomic mass is 9.98. The van der Waals surface area contributed by atoms with Crippen molar-refractivity contribution in [3.8, 4) is 5.75 Å². The van der Waals surface area contributed by atoms with Crippen LogP contribution in [0.3, 0.4) is 0 Å². The van der Waals surface area contributed by atoms with Crippen molar-refractivity contribution in [3.05, 3.63) is 65.2 Å². The van der Waals surface area contributed by atoms with Gasteiger partial charge >= 0.3 is 5.97 Å². The highest BCUT2D eigenvalue weighted by Gasteiger charge is 2.18. The van der Waals surface area contributed by atoms with Crippen molar-refractivity contribution in [1.82, 2.24) is 0 Å². The summed E-state index contributed by atoms with van der Waals surface area (Å²) >= 11 is 0. The number of aliphatic hydroxyl groups is 1. The van der Waals surface area contributed by atoms with Gasteiger partial charge in [0.15, 0.2) is 0 Å². The monoisotopic (exact) mass is 342 g/mol. The van der Waals surface area contributed by atoms with Crippen LogP contribution in [-0.2, 0) is 11.3 Å². The first kappa shape index (κ1) is 19.0. The van der Waals surface area contributed by atoms with E-state index in [4.69, 9.17) is 9.47 Å². The Morgan fingerprint density at radius 3 is 2.44 bits per heavy atom. The molecule has 0 fully saturated rings. The molecule has 25 heavy (non-hydrogen) atoms. The second kappa shape index (κ2) is 9.23. The summed E-state index contributed by atoms with van der Waals surface area (Å²) in [5.74, 6) is 0.500. The number of benzene rings is 2. The number of hydrogen-bond acceptors (Lipinski definition) is 4. The Morgan fingerprint density at radius 2 is 1.80 bits per heavy atom. The van der Waals surface area contributed by atoms with Crippen LogP contribution >= 0.6 is 0 Å². The van der Waals surface area contributed by atoms with Gasteiger partial charge in [0.05, 0.1) is 13.2 Å². The highest BCUT2D eigenvalue weighted by molar-refractivity contribution is 5.92. The molecule has 0 aliphatic carbocycles. The number of aliphatic hydroxyl groups excluding tert-OH is 1. The maximum atomic E-state index is 12.5. The van der Waals surface area contributed by atoms with Crippen molar-refractivity contribution in [2.75, 3.05) is 7.11 Å². The Bertz CT molecular complexity index is 680. The maximum absolute atomic E-state index is 12.5. The number of rotatable bonds is 8. The van der Waals surface area contributed by atoms with Crippen molar-refractivity contribution in [2.45, 2.75) is 39.4 Å². The van der Waals surface area contributed by atoms with Crippen LogP contribution < -0.4 is 4.74 Å². The minimum atomic E-state index is -0.603. The van der Waals surface area contributed by atoms with Crippen LogP contribution in [0.5, 0.6) is 5.75 Å². The van der Waals surface area contributed by atoms with Gasteiger partial charge in [-0.15, -0.1) is 0 Å². The first-order chi connectivity index (χ1) is 12.0. The second-order valence-corrected chi connectivity index (χ2v) is 6.51. The summed E-state index contributed by atoms with van der Waals surface area (Å²) in [5.41, 5.74) is 1.95. The topological polar surface area (TPSA) is 55.8 Å². The van der Waals surface area contributed by atoms with Crippen molar-refractivity contribution >= 4 is 5.97 Å². The molecule has 2 aromatic carbocycles. The molecule has 1 unspecified atom stereocenters. The summed E-state index contributed by atoms with van der Waals surface area (Å²) in [6, 6.07) is 14.7. The molecule has 0 heterocycles. The Labute approximate surface area is 149 Å². The molecule has 0 aliphatic heterocycles. The summed E-state index contributed by atoms with van der Waals surface area (Å²) < 4.78 is 10.7. The SMILES string of the molecule is COc1ccc(C(O)CCC(C)C)cc1C(=O)OCc1ccccc1. The Balaban J connectivity index is 2.11. The molecule has 0 radical (unpaired) electrons. The Kier molecular flexibility index (Phi) is 7.02. The lowest BCUT2D eigenvalue weighted by molar-refractivity contribution is 0.0468. The predicted octanol–water partition coefficient (Wildman–Crippen LogP) is 4.52. The molecule has 4 nitrogen and oxygen atoms in total. The van der Waals surface area contributed by atoms with E-state index in [0.717, 1.165) is 12.0 Å². The van der Waals surface area contributed by atoms with Crippen molar-refractivity contribution < 1.29 is 19.4 Å². The molecule has 134 valence electrons. The van der Waals surface area contributed by atoms with E-state index in [-0.39, 0.29) is 6.61 Å². The van der Waals surface area contributed by atoms with Gasteiger partial charge in [-0.3, -0.25) is 0 Å². The standard InChI is InChI=1S/C21H26O4/c1-15(2)9-11-19(22)17-10-12-20(24-3)18(13-17)21(23)25-14-16-7-5-4-6-8-16/h4-8,10,12-13,15,19,22H,9,11,14H2,1-3H3. The van der Waals surface area contributed by atoms with Crippen LogP contribution in [0.2, 0.25) is 0 Å². The molecule has 0 amide bonds. The first-order valence-corrected chi connectivity index (χ1v) is 8.58. The molecular weight excluding hydrogens is 316 g/mol. The molecule has 2 aromatic rings. The lowest BCUT2D eigenvalue weighted by Gasteiger charge is -2.15. The predicted molar refractivity (Wildman–Crippen MR) is 97.6 cm³/mol. The molecule has 0 saturated carbocycles. The number of hydrogen-bond donors (Lipinski definition) is 1. The van der Waals surface area contributed by atoms with Crippen molar-refractivity contribution in [1.29, 1.82) is 0 Å². The average Bonchev–Trinajstić information content (AvgIpc) is 2.64. The fourth-order valence-electron chi connectivity index (χ4n) is 2.55. The average molecular weight is 342 g/mol.